The number of aromatic nitrogens is 2. The lowest BCUT2D eigenvalue weighted by Crippen LogP contribution is -2.49. The van der Waals surface area contributed by atoms with Crippen molar-refractivity contribution in [3.8, 4) is 0 Å². The molecule has 5 unspecified atom stereocenters. The van der Waals surface area contributed by atoms with Gasteiger partial charge in [-0.05, 0) is 45.2 Å². The number of fused-ring (bicyclic) bond motifs is 2. The van der Waals surface area contributed by atoms with Gasteiger partial charge in [0.05, 0.1) is 12.4 Å². The summed E-state index contributed by atoms with van der Waals surface area (Å²) in [7, 11) is 2.09. The van der Waals surface area contributed by atoms with E-state index < -0.39 is 35.8 Å². The van der Waals surface area contributed by atoms with Crippen LogP contribution in [0.3, 0.4) is 0 Å². The van der Waals surface area contributed by atoms with Crippen LogP contribution in [-0.4, -0.2) is 76.6 Å². The van der Waals surface area contributed by atoms with Crippen molar-refractivity contribution >= 4 is 17.8 Å². The van der Waals surface area contributed by atoms with Gasteiger partial charge in [-0.2, -0.15) is 0 Å². The van der Waals surface area contributed by atoms with Crippen LogP contribution < -0.4 is 11.1 Å². The van der Waals surface area contributed by atoms with Crippen LogP contribution in [0, 0.1) is 0 Å². The lowest BCUT2D eigenvalue weighted by molar-refractivity contribution is -0.160. The smallest absolute Gasteiger partial charge is 0.329 e. The molecule has 6 atom stereocenters. The van der Waals surface area contributed by atoms with Crippen LogP contribution >= 0.6 is 0 Å². The maximum atomic E-state index is 13.4. The first-order valence-corrected chi connectivity index (χ1v) is 12.5. The summed E-state index contributed by atoms with van der Waals surface area (Å²) in [5, 5.41) is 2.63. The average Bonchev–Trinajstić information content (AvgIpc) is 3.45. The molecule has 2 aromatic rings. The zero-order valence-corrected chi connectivity index (χ0v) is 20.8. The first kappa shape index (κ1) is 25.8. The Morgan fingerprint density at radius 2 is 1.92 bits per heavy atom. The topological polar surface area (TPSA) is 140 Å². The molecule has 2 aliphatic rings. The second-order valence-electron chi connectivity index (χ2n) is 9.74. The van der Waals surface area contributed by atoms with Crippen LogP contribution in [0.25, 0.3) is 0 Å². The maximum absolute atomic E-state index is 13.4. The minimum Gasteiger partial charge on any atom is -0.463 e. The molecule has 0 spiro atoms. The van der Waals surface area contributed by atoms with Gasteiger partial charge >= 0.3 is 11.9 Å². The number of carbonyl (C=O) groups excluding carboxylic acids is 3. The predicted octanol–water partition coefficient (Wildman–Crippen LogP) is 1.28. The molecule has 4 rings (SSSR count). The van der Waals surface area contributed by atoms with Crippen molar-refractivity contribution in [2.24, 2.45) is 5.73 Å². The molecule has 1 aromatic heterocycles. The van der Waals surface area contributed by atoms with E-state index in [1.54, 1.807) is 6.20 Å². The maximum Gasteiger partial charge on any atom is 0.329 e. The van der Waals surface area contributed by atoms with Crippen molar-refractivity contribution in [2.75, 3.05) is 13.7 Å². The molecule has 10 heteroatoms. The van der Waals surface area contributed by atoms with Crippen molar-refractivity contribution in [3.05, 3.63) is 54.1 Å². The fourth-order valence-electron chi connectivity index (χ4n) is 5.12. The van der Waals surface area contributed by atoms with E-state index in [0.29, 0.717) is 17.3 Å². The number of nitrogens with two attached hydrogens (primary N) is 1. The van der Waals surface area contributed by atoms with Gasteiger partial charge in [-0.1, -0.05) is 30.3 Å². The Bertz CT molecular complexity index is 1030. The first-order valence-electron chi connectivity index (χ1n) is 12.5. The summed E-state index contributed by atoms with van der Waals surface area (Å²) in [5.41, 5.74) is 7.02. The molecule has 4 N–H and O–H groups in total. The molecule has 1 amide bonds. The van der Waals surface area contributed by atoms with E-state index in [2.05, 4.69) is 27.2 Å². The van der Waals surface area contributed by atoms with Gasteiger partial charge in [-0.3, -0.25) is 14.5 Å². The molecule has 10 nitrogen and oxygen atoms in total. The van der Waals surface area contributed by atoms with E-state index in [4.69, 9.17) is 15.2 Å². The molecule has 0 aliphatic carbocycles. The number of carbonyl (C=O) groups is 3. The third-order valence-corrected chi connectivity index (χ3v) is 7.25. The predicted molar refractivity (Wildman–Crippen MR) is 132 cm³/mol. The van der Waals surface area contributed by atoms with Gasteiger partial charge in [-0.15, -0.1) is 0 Å². The van der Waals surface area contributed by atoms with Crippen LogP contribution in [0.5, 0.6) is 0 Å². The van der Waals surface area contributed by atoms with Gasteiger partial charge in [0.2, 0.25) is 5.91 Å². The third kappa shape index (κ3) is 6.11. The number of esters is 2. The van der Waals surface area contributed by atoms with Gasteiger partial charge in [-0.25, -0.2) is 9.78 Å². The molecule has 2 bridgehead atoms. The van der Waals surface area contributed by atoms with Crippen LogP contribution in [0.2, 0.25) is 0 Å². The number of hydrogen-bond donors (Lipinski definition) is 3. The molecule has 2 aliphatic heterocycles. The zero-order valence-electron chi connectivity index (χ0n) is 20.8. The Morgan fingerprint density at radius 1 is 1.17 bits per heavy atom. The van der Waals surface area contributed by atoms with Crippen LogP contribution in [0.4, 0.5) is 0 Å². The number of rotatable bonds is 10. The number of likely N-dealkylation sites (N-methyl/N-ethyl adjacent to an activating group) is 1. The molecule has 1 aromatic carbocycles. The minimum absolute atomic E-state index is 0.148. The van der Waals surface area contributed by atoms with E-state index in [1.165, 1.54) is 13.3 Å². The number of piperidine rings is 1. The largest absolute Gasteiger partial charge is 0.463 e. The molecule has 36 heavy (non-hydrogen) atoms. The van der Waals surface area contributed by atoms with Gasteiger partial charge in [0.15, 0.2) is 0 Å². The lowest BCUT2D eigenvalue weighted by atomic mass is 9.98. The van der Waals surface area contributed by atoms with Gasteiger partial charge < -0.3 is 25.5 Å². The summed E-state index contributed by atoms with van der Waals surface area (Å²) >= 11 is 0. The number of aromatic amines is 1. The number of H-pyrrole nitrogens is 1. The SMILES string of the molecule is CC(N)C(=O)NC(Cc1cnc[nH]1)C(=O)OCC(C(=O)O[C@H]1CCC2CCC1N2C)c1ccccc1. The number of imidazole rings is 1. The second kappa shape index (κ2) is 11.7. The summed E-state index contributed by atoms with van der Waals surface area (Å²) < 4.78 is 11.6. The van der Waals surface area contributed by atoms with E-state index >= 15 is 0 Å². The van der Waals surface area contributed by atoms with Crippen molar-refractivity contribution < 1.29 is 23.9 Å². The standard InChI is InChI=1S/C26H35N5O5/c1-16(27)24(32)30-21(12-18-13-28-15-29-18)26(34)35-14-20(17-6-4-3-5-7-17)25(33)36-23-11-9-19-8-10-22(23)31(19)2/h3-7,13,15-16,19-23H,8-12,14,27H2,1-2H3,(H,28,29)(H,30,32)/t16?,19?,20?,21?,22?,23-/m0/s1. The minimum atomic E-state index is -0.987. The highest BCUT2D eigenvalue weighted by atomic mass is 16.6. The van der Waals surface area contributed by atoms with Crippen molar-refractivity contribution in [2.45, 2.75) is 75.2 Å². The Kier molecular flexibility index (Phi) is 8.37. The van der Waals surface area contributed by atoms with E-state index in [9.17, 15) is 14.4 Å². The summed E-state index contributed by atoms with van der Waals surface area (Å²) in [5.74, 6) is -2.34. The summed E-state index contributed by atoms with van der Waals surface area (Å²) in [4.78, 5) is 47.8. The van der Waals surface area contributed by atoms with Crippen molar-refractivity contribution in [1.82, 2.24) is 20.2 Å². The average molecular weight is 498 g/mol. The highest BCUT2D eigenvalue weighted by Gasteiger charge is 2.43. The van der Waals surface area contributed by atoms with Gasteiger partial charge in [0.25, 0.3) is 0 Å². The molecule has 0 saturated carbocycles. The number of ether oxygens (including phenoxy) is 2. The quantitative estimate of drug-likeness (QED) is 0.417. The second-order valence-corrected chi connectivity index (χ2v) is 9.74. The number of nitrogens with one attached hydrogen (secondary N) is 2. The summed E-state index contributed by atoms with van der Waals surface area (Å²) in [6.07, 6.45) is 7.00. The van der Waals surface area contributed by atoms with Crippen LogP contribution in [0.15, 0.2) is 42.9 Å². The molecule has 2 fully saturated rings. The van der Waals surface area contributed by atoms with Crippen LogP contribution in [0.1, 0.15) is 49.8 Å². The van der Waals surface area contributed by atoms with Gasteiger partial charge in [0, 0.05) is 30.4 Å². The Hall–Kier alpha value is -3.24. The van der Waals surface area contributed by atoms with E-state index in [0.717, 1.165) is 25.7 Å². The fraction of sp³-hybridized carbons (Fsp3) is 0.538. The van der Waals surface area contributed by atoms with Crippen molar-refractivity contribution in [1.29, 1.82) is 0 Å². The van der Waals surface area contributed by atoms with Crippen LogP contribution in [-0.2, 0) is 30.3 Å². The number of benzene rings is 1. The molecule has 194 valence electrons. The molecule has 0 radical (unpaired) electrons. The van der Waals surface area contributed by atoms with E-state index in [1.807, 2.05) is 30.3 Å². The molecular formula is C26H35N5O5. The molecule has 3 heterocycles. The Balaban J connectivity index is 1.45. The monoisotopic (exact) mass is 497 g/mol. The molecule has 2 saturated heterocycles. The first-order chi connectivity index (χ1) is 17.3. The number of amides is 1. The highest BCUT2D eigenvalue weighted by molar-refractivity contribution is 5.87. The number of hydrogen-bond acceptors (Lipinski definition) is 8. The molecular weight excluding hydrogens is 462 g/mol. The van der Waals surface area contributed by atoms with E-state index in [-0.39, 0.29) is 25.2 Å². The van der Waals surface area contributed by atoms with Gasteiger partial charge in [0.1, 0.15) is 24.7 Å². The number of nitrogens with zero attached hydrogens (tertiary/aromatic N) is 2. The zero-order chi connectivity index (χ0) is 25.7. The summed E-state index contributed by atoms with van der Waals surface area (Å²) in [6.45, 7) is 1.33. The Morgan fingerprint density at radius 3 is 2.61 bits per heavy atom. The fourth-order valence-corrected chi connectivity index (χ4v) is 5.12. The highest BCUT2D eigenvalue weighted by Crippen LogP contribution is 2.36. The normalized spacial score (nSPS) is 23.9. The van der Waals surface area contributed by atoms with Crippen molar-refractivity contribution in [3.63, 3.8) is 0 Å². The summed E-state index contributed by atoms with van der Waals surface area (Å²) in [6, 6.07) is 8.16. The lowest BCUT2D eigenvalue weighted by Gasteiger charge is -2.37. The Labute approximate surface area is 210 Å². The third-order valence-electron chi connectivity index (χ3n) is 7.25.